The number of likely N-dealkylation sites (N-methyl/N-ethyl adjacent to an activating group) is 1. The third-order valence-corrected chi connectivity index (χ3v) is 6.51. The number of nitrogens with two attached hydrogens (primary N) is 1. The molecule has 8 nitrogen and oxygen atoms in total. The number of anilines is 2. The molecule has 0 saturated heterocycles. The Morgan fingerprint density at radius 1 is 1.16 bits per heavy atom. The first kappa shape index (κ1) is 23.7. The molecule has 0 saturated carbocycles. The highest BCUT2D eigenvalue weighted by atomic mass is 32.1. The fourth-order valence-corrected chi connectivity index (χ4v) is 4.94. The number of nitrogens with zero attached hydrogens (tertiary/aromatic N) is 1. The molecule has 9 heteroatoms. The van der Waals surface area contributed by atoms with Crippen molar-refractivity contribution in [2.45, 2.75) is 46.1 Å². The number of primary amides is 1. The highest BCUT2D eigenvalue weighted by molar-refractivity contribution is 7.17. The summed E-state index contributed by atoms with van der Waals surface area (Å²) < 4.78 is 5.17. The molecule has 3 rings (SSSR count). The zero-order chi connectivity index (χ0) is 23.1. The van der Waals surface area contributed by atoms with Gasteiger partial charge in [-0.25, -0.2) is 4.79 Å². The molecule has 1 aliphatic heterocycles. The summed E-state index contributed by atoms with van der Waals surface area (Å²) in [5.41, 5.74) is 8.61. The van der Waals surface area contributed by atoms with Crippen molar-refractivity contribution in [3.8, 4) is 0 Å². The SMILES string of the molecule is CCCC(=O)OCCc1ccc(NC(=O)Nc2sc3c(c2C(N)=O)CCN(CC)C3)cc1. The number of carbonyl (C=O) groups excluding carboxylic acids is 3. The quantitative estimate of drug-likeness (QED) is 0.495. The standard InChI is InChI=1S/C23H30N4O4S/c1-3-5-19(28)31-13-11-15-6-8-16(9-7-15)25-23(30)26-22-20(21(24)29)17-10-12-27(4-2)14-18(17)32-22/h6-9H,3-5,10-14H2,1-2H3,(H2,24,29)(H2,25,26,30). The van der Waals surface area contributed by atoms with E-state index < -0.39 is 11.9 Å². The Balaban J connectivity index is 1.58. The van der Waals surface area contributed by atoms with E-state index in [1.165, 1.54) is 11.3 Å². The number of amides is 3. The summed E-state index contributed by atoms with van der Waals surface area (Å²) >= 11 is 1.41. The van der Waals surface area contributed by atoms with Crippen molar-refractivity contribution in [2.75, 3.05) is 30.3 Å². The molecule has 1 aromatic heterocycles. The number of carbonyl (C=O) groups is 3. The monoisotopic (exact) mass is 458 g/mol. The third kappa shape index (κ3) is 6.08. The van der Waals surface area contributed by atoms with Crippen molar-refractivity contribution >= 4 is 39.9 Å². The van der Waals surface area contributed by atoms with Gasteiger partial charge in [-0.15, -0.1) is 11.3 Å². The van der Waals surface area contributed by atoms with Gasteiger partial charge in [-0.05, 0) is 42.6 Å². The van der Waals surface area contributed by atoms with Crippen LogP contribution in [0.1, 0.15) is 53.1 Å². The maximum Gasteiger partial charge on any atom is 0.324 e. The number of thiophene rings is 1. The van der Waals surface area contributed by atoms with Crippen LogP contribution in [0.3, 0.4) is 0 Å². The van der Waals surface area contributed by atoms with Gasteiger partial charge in [0.25, 0.3) is 5.91 Å². The van der Waals surface area contributed by atoms with Crippen molar-refractivity contribution < 1.29 is 19.1 Å². The van der Waals surface area contributed by atoms with Crippen LogP contribution in [0.4, 0.5) is 15.5 Å². The average Bonchev–Trinajstić information content (AvgIpc) is 3.12. The van der Waals surface area contributed by atoms with Gasteiger partial charge < -0.3 is 15.8 Å². The Hall–Kier alpha value is -2.91. The molecule has 1 aliphatic rings. The summed E-state index contributed by atoms with van der Waals surface area (Å²) in [4.78, 5) is 39.4. The van der Waals surface area contributed by atoms with Gasteiger partial charge >= 0.3 is 12.0 Å². The first-order valence-electron chi connectivity index (χ1n) is 10.9. The predicted octanol–water partition coefficient (Wildman–Crippen LogP) is 3.75. The molecular formula is C23H30N4O4S. The number of urea groups is 1. The topological polar surface area (TPSA) is 114 Å². The van der Waals surface area contributed by atoms with Crippen molar-refractivity contribution in [1.82, 2.24) is 4.90 Å². The number of hydrogen-bond acceptors (Lipinski definition) is 6. The third-order valence-electron chi connectivity index (χ3n) is 5.38. The molecule has 0 radical (unpaired) electrons. The number of hydrogen-bond donors (Lipinski definition) is 3. The van der Waals surface area contributed by atoms with E-state index >= 15 is 0 Å². The molecule has 0 fully saturated rings. The van der Waals surface area contributed by atoms with Crippen LogP contribution in [-0.2, 0) is 28.9 Å². The predicted molar refractivity (Wildman–Crippen MR) is 126 cm³/mol. The van der Waals surface area contributed by atoms with Gasteiger partial charge in [0.05, 0.1) is 12.2 Å². The van der Waals surface area contributed by atoms with Crippen LogP contribution in [-0.4, -0.2) is 42.5 Å². The first-order chi connectivity index (χ1) is 15.4. The lowest BCUT2D eigenvalue weighted by Gasteiger charge is -2.25. The maximum atomic E-state index is 12.5. The van der Waals surface area contributed by atoms with Crippen molar-refractivity contribution in [3.05, 3.63) is 45.8 Å². The highest BCUT2D eigenvalue weighted by Gasteiger charge is 2.27. The molecule has 2 heterocycles. The Kier molecular flexibility index (Phi) is 8.24. The molecule has 172 valence electrons. The average molecular weight is 459 g/mol. The van der Waals surface area contributed by atoms with Gasteiger partial charge in [0.15, 0.2) is 0 Å². The van der Waals surface area contributed by atoms with Crippen molar-refractivity contribution in [3.63, 3.8) is 0 Å². The van der Waals surface area contributed by atoms with Gasteiger partial charge in [-0.3, -0.25) is 19.8 Å². The van der Waals surface area contributed by atoms with E-state index in [1.54, 1.807) is 12.1 Å². The summed E-state index contributed by atoms with van der Waals surface area (Å²) in [5, 5.41) is 6.07. The number of rotatable bonds is 9. The molecule has 4 N–H and O–H groups in total. The Morgan fingerprint density at radius 2 is 1.91 bits per heavy atom. The molecule has 1 aromatic carbocycles. The largest absolute Gasteiger partial charge is 0.465 e. The molecule has 32 heavy (non-hydrogen) atoms. The van der Waals surface area contributed by atoms with E-state index in [-0.39, 0.29) is 5.97 Å². The van der Waals surface area contributed by atoms with Crippen LogP contribution in [0.2, 0.25) is 0 Å². The van der Waals surface area contributed by atoms with Crippen LogP contribution in [0.15, 0.2) is 24.3 Å². The Morgan fingerprint density at radius 3 is 2.56 bits per heavy atom. The molecule has 0 spiro atoms. The maximum absolute atomic E-state index is 12.5. The first-order valence-corrected chi connectivity index (χ1v) is 11.7. The fraction of sp³-hybridized carbons (Fsp3) is 0.435. The van der Waals surface area contributed by atoms with Gasteiger partial charge in [0.2, 0.25) is 0 Å². The Bertz CT molecular complexity index is 971. The number of nitrogens with one attached hydrogen (secondary N) is 2. The van der Waals surface area contributed by atoms with E-state index in [9.17, 15) is 14.4 Å². The smallest absolute Gasteiger partial charge is 0.324 e. The second-order valence-corrected chi connectivity index (χ2v) is 8.79. The second kappa shape index (κ2) is 11.1. The summed E-state index contributed by atoms with van der Waals surface area (Å²) in [7, 11) is 0. The summed E-state index contributed by atoms with van der Waals surface area (Å²) in [5.74, 6) is -0.706. The zero-order valence-electron chi connectivity index (χ0n) is 18.5. The molecule has 3 amide bonds. The number of benzene rings is 1. The minimum atomic E-state index is -0.522. The number of esters is 1. The van der Waals surface area contributed by atoms with E-state index in [0.717, 1.165) is 48.5 Å². The lowest BCUT2D eigenvalue weighted by Crippen LogP contribution is -2.30. The van der Waals surface area contributed by atoms with Crippen LogP contribution < -0.4 is 16.4 Å². The molecule has 0 bridgehead atoms. The van der Waals surface area contributed by atoms with Crippen molar-refractivity contribution in [2.24, 2.45) is 5.73 Å². The van der Waals surface area contributed by atoms with Crippen LogP contribution >= 0.6 is 11.3 Å². The number of ether oxygens (including phenoxy) is 1. The number of fused-ring (bicyclic) bond motifs is 1. The van der Waals surface area contributed by atoms with E-state index in [1.807, 2.05) is 19.1 Å². The summed E-state index contributed by atoms with van der Waals surface area (Å²) in [6.07, 6.45) is 2.56. The highest BCUT2D eigenvalue weighted by Crippen LogP contribution is 2.36. The molecular weight excluding hydrogens is 428 g/mol. The fourth-order valence-electron chi connectivity index (χ4n) is 3.65. The van der Waals surface area contributed by atoms with Gasteiger partial charge in [-0.1, -0.05) is 26.0 Å². The van der Waals surface area contributed by atoms with E-state index in [2.05, 4.69) is 22.5 Å². The van der Waals surface area contributed by atoms with Crippen LogP contribution in [0.25, 0.3) is 0 Å². The minimum absolute atomic E-state index is 0.185. The van der Waals surface area contributed by atoms with Crippen LogP contribution in [0.5, 0.6) is 0 Å². The van der Waals surface area contributed by atoms with Gasteiger partial charge in [0.1, 0.15) is 5.00 Å². The lowest BCUT2D eigenvalue weighted by molar-refractivity contribution is -0.143. The van der Waals surface area contributed by atoms with Gasteiger partial charge in [0, 0.05) is 36.5 Å². The Labute approximate surface area is 192 Å². The minimum Gasteiger partial charge on any atom is -0.465 e. The lowest BCUT2D eigenvalue weighted by atomic mass is 10.0. The van der Waals surface area contributed by atoms with Crippen molar-refractivity contribution in [1.29, 1.82) is 0 Å². The summed E-state index contributed by atoms with van der Waals surface area (Å²) in [6.45, 7) is 6.94. The normalized spacial score (nSPS) is 13.3. The molecule has 2 aromatic rings. The van der Waals surface area contributed by atoms with Gasteiger partial charge in [-0.2, -0.15) is 0 Å². The van der Waals surface area contributed by atoms with E-state index in [0.29, 0.717) is 35.7 Å². The van der Waals surface area contributed by atoms with Crippen LogP contribution in [0, 0.1) is 0 Å². The summed E-state index contributed by atoms with van der Waals surface area (Å²) in [6, 6.07) is 6.90. The zero-order valence-corrected chi connectivity index (χ0v) is 19.3. The molecule has 0 atom stereocenters. The molecule has 0 aliphatic carbocycles. The molecule has 0 unspecified atom stereocenters. The second-order valence-electron chi connectivity index (χ2n) is 7.69. The van der Waals surface area contributed by atoms with E-state index in [4.69, 9.17) is 10.5 Å².